The van der Waals surface area contributed by atoms with Crippen molar-refractivity contribution >= 4 is 11.6 Å². The topological polar surface area (TPSA) is 49.6 Å². The van der Waals surface area contributed by atoms with Gasteiger partial charge in [-0.1, -0.05) is 12.1 Å². The molecule has 0 unspecified atom stereocenters. The molecule has 1 saturated carbocycles. The van der Waals surface area contributed by atoms with Crippen molar-refractivity contribution < 1.29 is 4.79 Å². The van der Waals surface area contributed by atoms with Gasteiger partial charge in [0.25, 0.3) is 0 Å². The van der Waals surface area contributed by atoms with Gasteiger partial charge in [-0.05, 0) is 30.5 Å². The van der Waals surface area contributed by atoms with E-state index >= 15 is 0 Å². The van der Waals surface area contributed by atoms with Crippen LogP contribution in [0.2, 0.25) is 0 Å². The van der Waals surface area contributed by atoms with Gasteiger partial charge in [0.1, 0.15) is 0 Å². The van der Waals surface area contributed by atoms with E-state index in [1.165, 1.54) is 12.8 Å². The van der Waals surface area contributed by atoms with Crippen LogP contribution < -0.4 is 10.6 Å². The second-order valence-corrected chi connectivity index (χ2v) is 5.02. The third-order valence-electron chi connectivity index (χ3n) is 3.30. The second-order valence-electron chi connectivity index (χ2n) is 5.02. The van der Waals surface area contributed by atoms with Gasteiger partial charge >= 0.3 is 0 Å². The van der Waals surface area contributed by atoms with Gasteiger partial charge in [-0.15, -0.1) is 0 Å². The van der Waals surface area contributed by atoms with Crippen LogP contribution >= 0.6 is 0 Å². The quantitative estimate of drug-likeness (QED) is 0.850. The summed E-state index contributed by atoms with van der Waals surface area (Å²) in [7, 11) is 3.59. The van der Waals surface area contributed by atoms with E-state index in [-0.39, 0.29) is 5.91 Å². The molecule has 0 heterocycles. The number of rotatable bonds is 5. The molecule has 0 saturated heterocycles. The fraction of sp³-hybridized carbons (Fsp3) is 0.500. The Kier molecular flexibility index (Phi) is 3.87. The minimum Gasteiger partial charge on any atom is -0.359 e. The molecule has 4 heteroatoms. The van der Waals surface area contributed by atoms with E-state index in [9.17, 15) is 4.79 Å². The van der Waals surface area contributed by atoms with Crippen molar-refractivity contribution in [3.05, 3.63) is 29.8 Å². The first kappa shape index (κ1) is 12.9. The van der Waals surface area contributed by atoms with Crippen LogP contribution in [0.3, 0.4) is 0 Å². The zero-order valence-electron chi connectivity index (χ0n) is 11.1. The molecule has 1 amide bonds. The van der Waals surface area contributed by atoms with Crippen molar-refractivity contribution in [1.82, 2.24) is 4.90 Å². The summed E-state index contributed by atoms with van der Waals surface area (Å²) in [4.78, 5) is 15.7. The maximum absolute atomic E-state index is 11.8. The van der Waals surface area contributed by atoms with Crippen LogP contribution in [0.15, 0.2) is 24.3 Å². The van der Waals surface area contributed by atoms with Gasteiger partial charge in [-0.2, -0.15) is 0 Å². The van der Waals surface area contributed by atoms with Crippen LogP contribution in [-0.2, 0) is 11.3 Å². The van der Waals surface area contributed by atoms with Crippen LogP contribution in [0.4, 0.5) is 5.69 Å². The number of nitrogens with zero attached hydrogens (tertiary/aromatic N) is 2. The van der Waals surface area contributed by atoms with Crippen LogP contribution in [-0.4, -0.2) is 37.5 Å². The molecule has 0 aliphatic heterocycles. The van der Waals surface area contributed by atoms with E-state index in [0.717, 1.165) is 11.3 Å². The number of carbonyl (C=O) groups excluding carboxylic acids is 1. The van der Waals surface area contributed by atoms with Crippen molar-refractivity contribution in [3.8, 4) is 0 Å². The molecule has 4 nitrogen and oxygen atoms in total. The highest BCUT2D eigenvalue weighted by Gasteiger charge is 2.30. The summed E-state index contributed by atoms with van der Waals surface area (Å²) < 4.78 is 0. The van der Waals surface area contributed by atoms with Gasteiger partial charge in [0.15, 0.2) is 0 Å². The molecular formula is C14H21N3O. The number of carbonyl (C=O) groups is 1. The number of likely N-dealkylation sites (N-methyl/N-ethyl adjacent to an activating group) is 1. The number of benzene rings is 1. The lowest BCUT2D eigenvalue weighted by molar-refractivity contribution is -0.127. The van der Waals surface area contributed by atoms with Crippen LogP contribution in [0, 0.1) is 0 Å². The Morgan fingerprint density at radius 2 is 1.89 bits per heavy atom. The highest BCUT2D eigenvalue weighted by molar-refractivity contribution is 5.81. The lowest BCUT2D eigenvalue weighted by Gasteiger charge is -2.25. The molecule has 0 spiro atoms. The molecule has 0 radical (unpaired) electrons. The van der Waals surface area contributed by atoms with Crippen molar-refractivity contribution in [3.63, 3.8) is 0 Å². The summed E-state index contributed by atoms with van der Waals surface area (Å²) in [5, 5.41) is 0. The molecule has 98 valence electrons. The zero-order chi connectivity index (χ0) is 13.1. The number of anilines is 1. The van der Waals surface area contributed by atoms with E-state index < -0.39 is 0 Å². The van der Waals surface area contributed by atoms with Crippen LogP contribution in [0.1, 0.15) is 18.4 Å². The van der Waals surface area contributed by atoms with Crippen molar-refractivity contribution in [2.45, 2.75) is 25.4 Å². The Bertz CT molecular complexity index is 410. The third kappa shape index (κ3) is 3.01. The van der Waals surface area contributed by atoms with Gasteiger partial charge in [0.2, 0.25) is 5.91 Å². The second kappa shape index (κ2) is 5.40. The van der Waals surface area contributed by atoms with Gasteiger partial charge in [-0.25, -0.2) is 0 Å². The molecule has 1 aliphatic carbocycles. The fourth-order valence-corrected chi connectivity index (χ4v) is 1.93. The predicted molar refractivity (Wildman–Crippen MR) is 73.4 cm³/mol. The minimum absolute atomic E-state index is 0.143. The van der Waals surface area contributed by atoms with Gasteiger partial charge < -0.3 is 15.5 Å². The molecule has 0 aromatic heterocycles. The van der Waals surface area contributed by atoms with E-state index in [1.54, 1.807) is 19.0 Å². The Morgan fingerprint density at radius 3 is 2.33 bits per heavy atom. The molecule has 2 rings (SSSR count). The summed E-state index contributed by atoms with van der Waals surface area (Å²) >= 11 is 0. The molecule has 0 bridgehead atoms. The molecule has 0 atom stereocenters. The molecular weight excluding hydrogens is 226 g/mol. The molecule has 1 aromatic carbocycles. The monoisotopic (exact) mass is 247 g/mol. The first-order valence-corrected chi connectivity index (χ1v) is 6.37. The van der Waals surface area contributed by atoms with Crippen molar-refractivity contribution in [1.29, 1.82) is 0 Å². The van der Waals surface area contributed by atoms with Crippen LogP contribution in [0.5, 0.6) is 0 Å². The van der Waals surface area contributed by atoms with E-state index in [1.807, 2.05) is 12.1 Å². The zero-order valence-corrected chi connectivity index (χ0v) is 11.1. The molecule has 18 heavy (non-hydrogen) atoms. The van der Waals surface area contributed by atoms with Crippen molar-refractivity contribution in [2.24, 2.45) is 5.73 Å². The fourth-order valence-electron chi connectivity index (χ4n) is 1.93. The largest absolute Gasteiger partial charge is 0.359 e. The maximum Gasteiger partial charge on any atom is 0.241 e. The first-order valence-electron chi connectivity index (χ1n) is 6.37. The average Bonchev–Trinajstić information content (AvgIpc) is 3.20. The third-order valence-corrected chi connectivity index (χ3v) is 3.30. The molecule has 1 aliphatic rings. The number of hydrogen-bond acceptors (Lipinski definition) is 3. The van der Waals surface area contributed by atoms with Gasteiger partial charge in [0, 0.05) is 32.4 Å². The molecule has 1 aromatic rings. The normalized spacial score (nSPS) is 14.4. The minimum atomic E-state index is 0.143. The number of hydrogen-bond donors (Lipinski definition) is 1. The lowest BCUT2D eigenvalue weighted by Crippen LogP contribution is -2.38. The Hall–Kier alpha value is -1.55. The molecule has 2 N–H and O–H groups in total. The number of amides is 1. The van der Waals surface area contributed by atoms with E-state index in [4.69, 9.17) is 5.73 Å². The standard InChI is InChI=1S/C14H21N3O/c1-16(2)14(18)10-17(13-7-8-13)12-5-3-11(9-15)4-6-12/h3-6,13H,7-10,15H2,1-2H3. The highest BCUT2D eigenvalue weighted by atomic mass is 16.2. The lowest BCUT2D eigenvalue weighted by atomic mass is 10.2. The van der Waals surface area contributed by atoms with Gasteiger partial charge in [0.05, 0.1) is 6.54 Å². The first-order chi connectivity index (χ1) is 8.61. The van der Waals surface area contributed by atoms with E-state index in [2.05, 4.69) is 17.0 Å². The smallest absolute Gasteiger partial charge is 0.241 e. The van der Waals surface area contributed by atoms with E-state index in [0.29, 0.717) is 19.1 Å². The predicted octanol–water partition coefficient (Wildman–Crippen LogP) is 1.20. The van der Waals surface area contributed by atoms with Crippen molar-refractivity contribution in [2.75, 3.05) is 25.5 Å². The number of nitrogens with two attached hydrogens (primary N) is 1. The molecule has 1 fully saturated rings. The maximum atomic E-state index is 11.8. The summed E-state index contributed by atoms with van der Waals surface area (Å²) in [5.41, 5.74) is 7.83. The Labute approximate surface area is 108 Å². The summed E-state index contributed by atoms with van der Waals surface area (Å²) in [6.45, 7) is 1.01. The summed E-state index contributed by atoms with van der Waals surface area (Å²) in [6.07, 6.45) is 2.36. The summed E-state index contributed by atoms with van der Waals surface area (Å²) in [5.74, 6) is 0.143. The van der Waals surface area contributed by atoms with Gasteiger partial charge in [-0.3, -0.25) is 4.79 Å². The van der Waals surface area contributed by atoms with Crippen LogP contribution in [0.25, 0.3) is 0 Å². The summed E-state index contributed by atoms with van der Waals surface area (Å²) in [6, 6.07) is 8.71. The Morgan fingerprint density at radius 1 is 1.28 bits per heavy atom. The average molecular weight is 247 g/mol. The Balaban J connectivity index is 2.11. The SMILES string of the molecule is CN(C)C(=O)CN(c1ccc(CN)cc1)C1CC1. The highest BCUT2D eigenvalue weighted by Crippen LogP contribution is 2.31.